The van der Waals surface area contributed by atoms with Gasteiger partial charge in [-0.15, -0.1) is 0 Å². The summed E-state index contributed by atoms with van der Waals surface area (Å²) in [6, 6.07) is 0. The summed E-state index contributed by atoms with van der Waals surface area (Å²) in [5.41, 5.74) is -1.79. The molecule has 1 aliphatic heterocycles. The number of carbonyl (C=O) groups is 1. The van der Waals surface area contributed by atoms with Crippen molar-refractivity contribution in [1.29, 1.82) is 0 Å². The van der Waals surface area contributed by atoms with E-state index in [0.29, 0.717) is 12.8 Å². The number of hydrogen-bond acceptors (Lipinski definition) is 6. The highest BCUT2D eigenvalue weighted by Gasteiger charge is 2.54. The Kier molecular flexibility index (Phi) is 3.78. The molecule has 4 unspecified atom stereocenters. The molecular weight excluding hydrogens is 309 g/mol. The summed E-state index contributed by atoms with van der Waals surface area (Å²) in [6.07, 6.45) is 0.184. The minimum Gasteiger partial charge on any atom is -0.438 e. The van der Waals surface area contributed by atoms with Gasteiger partial charge in [0.2, 0.25) is 5.44 Å². The van der Waals surface area contributed by atoms with Crippen LogP contribution in [0.25, 0.3) is 0 Å². The zero-order valence-electron chi connectivity index (χ0n) is 9.72. The normalized spacial score (nSPS) is 37.1. The number of rotatable bonds is 3. The van der Waals surface area contributed by atoms with Gasteiger partial charge in [0, 0.05) is 5.92 Å². The fourth-order valence-electron chi connectivity index (χ4n) is 2.44. The molecule has 0 N–H and O–H groups in total. The molecule has 0 radical (unpaired) electrons. The van der Waals surface area contributed by atoms with Gasteiger partial charge in [-0.05, 0) is 18.8 Å². The van der Waals surface area contributed by atoms with Crippen LogP contribution in [0.1, 0.15) is 19.8 Å². The maximum Gasteiger partial charge on any atom is 0.417 e. The molecule has 1 heterocycles. The third-order valence-electron chi connectivity index (χ3n) is 3.33. The topological polar surface area (TPSA) is 69.7 Å². The third-order valence-corrected chi connectivity index (χ3v) is 5.26. The lowest BCUT2D eigenvalue weighted by Gasteiger charge is -2.28. The van der Waals surface area contributed by atoms with E-state index in [2.05, 4.69) is 4.74 Å². The molecule has 0 aromatic heterocycles. The fourth-order valence-corrected chi connectivity index (χ4v) is 4.17. The van der Waals surface area contributed by atoms with Gasteiger partial charge in [-0.2, -0.15) is 21.1 Å². The third kappa shape index (κ3) is 2.70. The number of alkyl halides is 2. The van der Waals surface area contributed by atoms with E-state index in [1.54, 1.807) is 6.92 Å². The molecule has 0 amide bonds. The second kappa shape index (κ2) is 4.81. The minimum absolute atomic E-state index is 0.0699. The number of carbonyl (C=O) groups excluding carboxylic acids is 1. The molecule has 5 nitrogen and oxygen atoms in total. The van der Waals surface area contributed by atoms with E-state index in [0.717, 1.165) is 0 Å². The van der Waals surface area contributed by atoms with E-state index in [1.807, 2.05) is 0 Å². The van der Waals surface area contributed by atoms with Crippen molar-refractivity contribution < 1.29 is 34.8 Å². The molecular formula is C9H11F3O5S2. The van der Waals surface area contributed by atoms with Gasteiger partial charge < -0.3 is 4.74 Å². The highest BCUT2D eigenvalue weighted by atomic mass is 32.2. The van der Waals surface area contributed by atoms with Crippen LogP contribution < -0.4 is 0 Å². The van der Waals surface area contributed by atoms with Crippen LogP contribution in [0.15, 0.2) is 0 Å². The molecule has 19 heavy (non-hydrogen) atoms. The maximum absolute atomic E-state index is 12.7. The summed E-state index contributed by atoms with van der Waals surface area (Å²) in [5, 5.41) is -4.42. The summed E-state index contributed by atoms with van der Waals surface area (Å²) in [4.78, 5) is 11.1. The zero-order chi connectivity index (χ0) is 14.4. The van der Waals surface area contributed by atoms with E-state index in [9.17, 15) is 25.9 Å². The van der Waals surface area contributed by atoms with E-state index >= 15 is 0 Å². The molecule has 0 aromatic carbocycles. The molecule has 0 aromatic rings. The van der Waals surface area contributed by atoms with Crippen LogP contribution in [0, 0.1) is 11.8 Å². The van der Waals surface area contributed by atoms with Crippen LogP contribution in [-0.2, 0) is 23.8 Å². The van der Waals surface area contributed by atoms with Crippen LogP contribution in [0.5, 0.6) is 0 Å². The molecule has 2 fully saturated rings. The van der Waals surface area contributed by atoms with Crippen molar-refractivity contribution in [3.63, 3.8) is 0 Å². The van der Waals surface area contributed by atoms with E-state index in [1.165, 1.54) is 0 Å². The Morgan fingerprint density at radius 3 is 2.63 bits per heavy atom. The smallest absolute Gasteiger partial charge is 0.417 e. The number of esters is 1. The van der Waals surface area contributed by atoms with Crippen molar-refractivity contribution in [2.24, 2.45) is 11.8 Å². The fraction of sp³-hybridized carbons (Fsp3) is 0.889. The Hall–Kier alpha value is -0.480. The summed E-state index contributed by atoms with van der Waals surface area (Å²) >= 11 is -1.50. The predicted octanol–water partition coefficient (Wildman–Crippen LogP) is 1.84. The molecule has 1 saturated carbocycles. The quantitative estimate of drug-likeness (QED) is 0.584. The first-order valence-corrected chi connectivity index (χ1v) is 7.67. The van der Waals surface area contributed by atoms with Crippen LogP contribution in [0.3, 0.4) is 0 Å². The Morgan fingerprint density at radius 2 is 2.05 bits per heavy atom. The number of ether oxygens (including phenoxy) is 1. The van der Waals surface area contributed by atoms with Crippen LogP contribution in [0.2, 0.25) is 0 Å². The SMILES string of the molecule is CC1CC2CC1OS(=O)(=O)C2OC(=O)C(F)(F)SF. The van der Waals surface area contributed by atoms with Gasteiger partial charge in [0.15, 0.2) is 0 Å². The molecule has 4 atom stereocenters. The molecule has 2 rings (SSSR count). The Bertz CT molecular complexity index is 478. The first kappa shape index (κ1) is 14.9. The molecule has 1 aliphatic carbocycles. The standard InChI is InChI=1S/C9H11F3O5S2/c1-4-2-5-3-6(4)17-19(14,15)7(5)16-8(13)9(10,11)18-12/h4-7H,2-3H2,1H3. The highest BCUT2D eigenvalue weighted by molar-refractivity contribution is 7.96. The summed E-state index contributed by atoms with van der Waals surface area (Å²) in [6.45, 7) is 1.76. The van der Waals surface area contributed by atoms with Crippen molar-refractivity contribution in [2.75, 3.05) is 0 Å². The number of halogens is 3. The molecule has 110 valence electrons. The lowest BCUT2D eigenvalue weighted by atomic mass is 10.1. The van der Waals surface area contributed by atoms with Crippen molar-refractivity contribution in [3.05, 3.63) is 0 Å². The van der Waals surface area contributed by atoms with E-state index < -0.39 is 50.9 Å². The van der Waals surface area contributed by atoms with Crippen molar-refractivity contribution in [1.82, 2.24) is 0 Å². The number of fused-ring (bicyclic) bond motifs is 2. The van der Waals surface area contributed by atoms with Crippen molar-refractivity contribution in [3.8, 4) is 0 Å². The van der Waals surface area contributed by atoms with Crippen LogP contribution >= 0.6 is 12.1 Å². The van der Waals surface area contributed by atoms with E-state index in [4.69, 9.17) is 4.18 Å². The van der Waals surface area contributed by atoms with Gasteiger partial charge in [-0.1, -0.05) is 6.92 Å². The van der Waals surface area contributed by atoms with Crippen molar-refractivity contribution in [2.45, 2.75) is 36.6 Å². The lowest BCUT2D eigenvalue weighted by Crippen LogP contribution is -2.42. The average molecular weight is 320 g/mol. The second-order valence-corrected chi connectivity index (χ2v) is 7.01. The van der Waals surface area contributed by atoms with Crippen LogP contribution in [0.4, 0.5) is 12.7 Å². The largest absolute Gasteiger partial charge is 0.438 e. The van der Waals surface area contributed by atoms with Gasteiger partial charge in [0.25, 0.3) is 0 Å². The molecule has 1 saturated heterocycles. The maximum atomic E-state index is 12.7. The monoisotopic (exact) mass is 320 g/mol. The van der Waals surface area contributed by atoms with Crippen molar-refractivity contribution >= 4 is 28.2 Å². The Labute approximate surface area is 112 Å². The summed E-state index contributed by atoms with van der Waals surface area (Å²) < 4.78 is 69.9. The zero-order valence-corrected chi connectivity index (χ0v) is 11.3. The van der Waals surface area contributed by atoms with Gasteiger partial charge in [0.1, 0.15) is 12.1 Å². The average Bonchev–Trinajstić information content (AvgIpc) is 2.61. The van der Waals surface area contributed by atoms with Gasteiger partial charge in [-0.25, -0.2) is 4.79 Å². The van der Waals surface area contributed by atoms with Gasteiger partial charge >= 0.3 is 21.3 Å². The first-order chi connectivity index (χ1) is 8.67. The van der Waals surface area contributed by atoms with Gasteiger partial charge in [-0.3, -0.25) is 4.18 Å². The second-order valence-electron chi connectivity index (χ2n) is 4.70. The predicted molar refractivity (Wildman–Crippen MR) is 59.2 cm³/mol. The molecule has 10 heteroatoms. The molecule has 2 aliphatic rings. The van der Waals surface area contributed by atoms with Crippen LogP contribution in [-0.4, -0.2) is 31.2 Å². The van der Waals surface area contributed by atoms with Gasteiger partial charge in [0.05, 0.1) is 6.10 Å². The molecule has 2 bridgehead atoms. The first-order valence-electron chi connectivity index (χ1n) is 5.48. The highest BCUT2D eigenvalue weighted by Crippen LogP contribution is 2.44. The van der Waals surface area contributed by atoms with E-state index in [-0.39, 0.29) is 5.92 Å². The Morgan fingerprint density at radius 1 is 1.42 bits per heavy atom. The lowest BCUT2D eigenvalue weighted by molar-refractivity contribution is -0.165. The number of hydrogen-bond donors (Lipinski definition) is 0. The molecule has 0 spiro atoms. The summed E-state index contributed by atoms with van der Waals surface area (Å²) in [7, 11) is -4.26. The summed E-state index contributed by atoms with van der Waals surface area (Å²) in [5.74, 6) is -2.88. The minimum atomic E-state index is -4.42. The Balaban J connectivity index is 2.17.